The average Bonchev–Trinajstić information content (AvgIpc) is 3.30. The van der Waals surface area contributed by atoms with E-state index < -0.39 is 0 Å². The SMILES string of the molecule is C[C@@H]1CN(C(=O)Cn2cc(NC(=O)N[C@H](c3cccs3)C(C)(C)C)cn2)C[C@H](C)O1. The highest BCUT2D eigenvalue weighted by Crippen LogP contribution is 2.35. The zero-order valence-electron chi connectivity index (χ0n) is 18.2. The molecule has 30 heavy (non-hydrogen) atoms. The number of hydrogen-bond donors (Lipinski definition) is 2. The van der Waals surface area contributed by atoms with Crippen LogP contribution >= 0.6 is 11.3 Å². The summed E-state index contributed by atoms with van der Waals surface area (Å²) in [7, 11) is 0. The van der Waals surface area contributed by atoms with Crippen LogP contribution in [-0.4, -0.2) is 51.9 Å². The van der Waals surface area contributed by atoms with Crippen LogP contribution in [0.15, 0.2) is 29.9 Å². The van der Waals surface area contributed by atoms with Crippen molar-refractivity contribution in [3.8, 4) is 0 Å². The lowest BCUT2D eigenvalue weighted by molar-refractivity contribution is -0.144. The van der Waals surface area contributed by atoms with Crippen molar-refractivity contribution in [3.05, 3.63) is 34.8 Å². The molecule has 9 heteroatoms. The van der Waals surface area contributed by atoms with Gasteiger partial charge in [0.25, 0.3) is 0 Å². The van der Waals surface area contributed by atoms with Crippen LogP contribution in [0.4, 0.5) is 10.5 Å². The van der Waals surface area contributed by atoms with Gasteiger partial charge in [0.05, 0.1) is 30.1 Å². The summed E-state index contributed by atoms with van der Waals surface area (Å²) in [5.74, 6) is -0.0124. The Bertz CT molecular complexity index is 848. The van der Waals surface area contributed by atoms with Crippen molar-refractivity contribution >= 4 is 29.0 Å². The van der Waals surface area contributed by atoms with E-state index in [1.54, 1.807) is 33.3 Å². The van der Waals surface area contributed by atoms with Gasteiger partial charge >= 0.3 is 6.03 Å². The molecule has 3 amide bonds. The molecule has 164 valence electrons. The molecule has 3 atom stereocenters. The summed E-state index contributed by atoms with van der Waals surface area (Å²) in [4.78, 5) is 28.1. The minimum absolute atomic E-state index is 0.0124. The number of urea groups is 1. The van der Waals surface area contributed by atoms with Crippen LogP contribution in [0.25, 0.3) is 0 Å². The molecular weight excluding hydrogens is 402 g/mol. The first kappa shape index (κ1) is 22.3. The third-order valence-electron chi connectivity index (χ3n) is 4.93. The van der Waals surface area contributed by atoms with Gasteiger partial charge in [-0.3, -0.25) is 9.48 Å². The molecule has 3 heterocycles. The Morgan fingerprint density at radius 1 is 1.30 bits per heavy atom. The first-order chi connectivity index (χ1) is 14.1. The van der Waals surface area contributed by atoms with Gasteiger partial charge in [-0.2, -0.15) is 5.10 Å². The van der Waals surface area contributed by atoms with Crippen LogP contribution in [0, 0.1) is 5.41 Å². The largest absolute Gasteiger partial charge is 0.372 e. The molecule has 2 aromatic heterocycles. The number of ether oxygens (including phenoxy) is 1. The van der Waals surface area contributed by atoms with E-state index in [0.29, 0.717) is 18.8 Å². The normalized spacial score (nSPS) is 20.6. The molecule has 1 fully saturated rings. The van der Waals surface area contributed by atoms with E-state index in [0.717, 1.165) is 4.88 Å². The van der Waals surface area contributed by atoms with E-state index in [4.69, 9.17) is 4.74 Å². The predicted octanol–water partition coefficient (Wildman–Crippen LogP) is 3.49. The van der Waals surface area contributed by atoms with Crippen molar-refractivity contribution in [1.82, 2.24) is 20.0 Å². The first-order valence-corrected chi connectivity index (χ1v) is 11.1. The lowest BCUT2D eigenvalue weighted by Gasteiger charge is -2.35. The van der Waals surface area contributed by atoms with Gasteiger partial charge in [0, 0.05) is 24.2 Å². The van der Waals surface area contributed by atoms with Crippen molar-refractivity contribution in [2.45, 2.75) is 59.4 Å². The fourth-order valence-electron chi connectivity index (χ4n) is 3.60. The highest BCUT2D eigenvalue weighted by molar-refractivity contribution is 7.10. The third kappa shape index (κ3) is 5.82. The van der Waals surface area contributed by atoms with E-state index in [9.17, 15) is 9.59 Å². The number of nitrogens with one attached hydrogen (secondary N) is 2. The molecule has 0 spiro atoms. The molecule has 3 rings (SSSR count). The quantitative estimate of drug-likeness (QED) is 0.755. The summed E-state index contributed by atoms with van der Waals surface area (Å²) in [6.45, 7) is 11.5. The van der Waals surface area contributed by atoms with Gasteiger partial charge in [-0.25, -0.2) is 4.79 Å². The summed E-state index contributed by atoms with van der Waals surface area (Å²) in [5.41, 5.74) is 0.411. The summed E-state index contributed by atoms with van der Waals surface area (Å²) in [6.07, 6.45) is 3.27. The van der Waals surface area contributed by atoms with Crippen LogP contribution < -0.4 is 10.6 Å². The minimum atomic E-state index is -0.301. The second-order valence-corrected chi connectivity index (χ2v) is 9.87. The lowest BCUT2D eigenvalue weighted by atomic mass is 9.86. The van der Waals surface area contributed by atoms with Gasteiger partial charge in [-0.05, 0) is 30.7 Å². The van der Waals surface area contributed by atoms with Crippen LogP contribution in [0.1, 0.15) is 45.5 Å². The number of carbonyl (C=O) groups is 2. The Balaban J connectivity index is 1.57. The molecular formula is C21H31N5O3S. The molecule has 1 aliphatic rings. The van der Waals surface area contributed by atoms with Gasteiger partial charge in [0.15, 0.2) is 0 Å². The number of carbonyl (C=O) groups excluding carboxylic acids is 2. The third-order valence-corrected chi connectivity index (χ3v) is 5.87. The smallest absolute Gasteiger partial charge is 0.319 e. The number of rotatable bonds is 5. The molecule has 0 unspecified atom stereocenters. The maximum Gasteiger partial charge on any atom is 0.319 e. The number of morpholine rings is 1. The van der Waals surface area contributed by atoms with Gasteiger partial charge in [0.1, 0.15) is 6.54 Å². The monoisotopic (exact) mass is 433 g/mol. The molecule has 0 saturated carbocycles. The van der Waals surface area contributed by atoms with Gasteiger partial charge < -0.3 is 20.3 Å². The number of nitrogens with zero attached hydrogens (tertiary/aromatic N) is 3. The fourth-order valence-corrected chi connectivity index (χ4v) is 4.62. The van der Waals surface area contributed by atoms with Gasteiger partial charge in [-0.1, -0.05) is 26.8 Å². The zero-order chi connectivity index (χ0) is 21.9. The number of hydrogen-bond acceptors (Lipinski definition) is 5. The zero-order valence-corrected chi connectivity index (χ0v) is 19.0. The minimum Gasteiger partial charge on any atom is -0.372 e. The summed E-state index contributed by atoms with van der Waals surface area (Å²) in [6, 6.07) is 3.59. The molecule has 0 bridgehead atoms. The molecule has 1 saturated heterocycles. The average molecular weight is 434 g/mol. The van der Waals surface area contributed by atoms with Crippen molar-refractivity contribution in [1.29, 1.82) is 0 Å². The molecule has 2 N–H and O–H groups in total. The highest BCUT2D eigenvalue weighted by Gasteiger charge is 2.29. The second kappa shape index (κ2) is 9.18. The molecule has 0 aromatic carbocycles. The second-order valence-electron chi connectivity index (χ2n) is 8.90. The number of amides is 3. The van der Waals surface area contributed by atoms with E-state index >= 15 is 0 Å². The Kier molecular flexibility index (Phi) is 6.82. The first-order valence-electron chi connectivity index (χ1n) is 10.2. The fraction of sp³-hybridized carbons (Fsp3) is 0.571. The molecule has 8 nitrogen and oxygen atoms in total. The van der Waals surface area contributed by atoms with Crippen molar-refractivity contribution in [3.63, 3.8) is 0 Å². The van der Waals surface area contributed by atoms with Gasteiger partial charge in [-0.15, -0.1) is 11.3 Å². The number of anilines is 1. The Hall–Kier alpha value is -2.39. The topological polar surface area (TPSA) is 88.5 Å². The van der Waals surface area contributed by atoms with Crippen LogP contribution in [0.2, 0.25) is 0 Å². The van der Waals surface area contributed by atoms with E-state index in [1.165, 1.54) is 0 Å². The van der Waals surface area contributed by atoms with E-state index in [-0.39, 0.29) is 42.1 Å². The maximum atomic E-state index is 12.6. The van der Waals surface area contributed by atoms with Crippen LogP contribution in [0.5, 0.6) is 0 Å². The molecule has 1 aliphatic heterocycles. The van der Waals surface area contributed by atoms with Crippen molar-refractivity contribution in [2.24, 2.45) is 5.41 Å². The highest BCUT2D eigenvalue weighted by atomic mass is 32.1. The predicted molar refractivity (Wildman–Crippen MR) is 117 cm³/mol. The summed E-state index contributed by atoms with van der Waals surface area (Å²) >= 11 is 1.62. The van der Waals surface area contributed by atoms with Crippen LogP contribution in [0.3, 0.4) is 0 Å². The Morgan fingerprint density at radius 2 is 2.00 bits per heavy atom. The van der Waals surface area contributed by atoms with E-state index in [1.807, 2.05) is 31.4 Å². The van der Waals surface area contributed by atoms with Crippen molar-refractivity contribution < 1.29 is 14.3 Å². The Labute approximate surface area is 181 Å². The van der Waals surface area contributed by atoms with Crippen LogP contribution in [-0.2, 0) is 16.1 Å². The molecule has 0 radical (unpaired) electrons. The number of aromatic nitrogens is 2. The lowest BCUT2D eigenvalue weighted by Crippen LogP contribution is -2.49. The number of thiophene rings is 1. The van der Waals surface area contributed by atoms with E-state index in [2.05, 4.69) is 36.5 Å². The summed E-state index contributed by atoms with van der Waals surface area (Å²) < 4.78 is 7.22. The maximum absolute atomic E-state index is 12.6. The Morgan fingerprint density at radius 3 is 2.60 bits per heavy atom. The van der Waals surface area contributed by atoms with Crippen molar-refractivity contribution in [2.75, 3.05) is 18.4 Å². The standard InChI is InChI=1S/C21H31N5O3S/c1-14-10-25(11-15(2)29-14)18(27)13-26-12-16(9-22-26)23-20(28)24-19(21(3,4)5)17-7-6-8-30-17/h6-9,12,14-15,19H,10-11,13H2,1-5H3,(H2,23,24,28)/t14-,15+,19-/m1/s1. The molecule has 2 aromatic rings. The molecule has 0 aliphatic carbocycles. The summed E-state index contributed by atoms with van der Waals surface area (Å²) in [5, 5.41) is 12.1. The van der Waals surface area contributed by atoms with Gasteiger partial charge in [0.2, 0.25) is 5.91 Å².